The van der Waals surface area contributed by atoms with Gasteiger partial charge in [-0.15, -0.1) is 0 Å². The lowest BCUT2D eigenvalue weighted by Gasteiger charge is -2.00. The molecule has 0 atom stereocenters. The standard InChI is InChI=1S/C16H17NO2/c1-12-2-5-14(16(19)10-12)11-17-9-8-13-3-6-15(18)7-4-13/h2-7,10-11,18-19H,8-9H2,1H3. The van der Waals surface area contributed by atoms with Crippen molar-refractivity contribution in [2.75, 3.05) is 6.54 Å². The Kier molecular flexibility index (Phi) is 4.18. The monoisotopic (exact) mass is 255 g/mol. The van der Waals surface area contributed by atoms with E-state index in [1.807, 2.05) is 31.2 Å². The van der Waals surface area contributed by atoms with E-state index in [0.29, 0.717) is 6.54 Å². The molecule has 2 rings (SSSR count). The Bertz CT molecular complexity index is 574. The fourth-order valence-corrected chi connectivity index (χ4v) is 1.78. The van der Waals surface area contributed by atoms with Gasteiger partial charge in [0.2, 0.25) is 0 Å². The maximum Gasteiger partial charge on any atom is 0.124 e. The number of aromatic hydroxyl groups is 2. The predicted molar refractivity (Wildman–Crippen MR) is 77.1 cm³/mol. The summed E-state index contributed by atoms with van der Waals surface area (Å²) in [6.45, 7) is 2.59. The fourth-order valence-electron chi connectivity index (χ4n) is 1.78. The van der Waals surface area contributed by atoms with Crippen molar-refractivity contribution in [2.24, 2.45) is 4.99 Å². The molecule has 0 radical (unpaired) electrons. The van der Waals surface area contributed by atoms with Crippen LogP contribution in [0.15, 0.2) is 47.5 Å². The summed E-state index contributed by atoms with van der Waals surface area (Å²) in [6, 6.07) is 12.6. The number of benzene rings is 2. The third-order valence-corrected chi connectivity index (χ3v) is 2.88. The summed E-state index contributed by atoms with van der Waals surface area (Å²) in [5, 5.41) is 18.9. The minimum atomic E-state index is 0.258. The van der Waals surface area contributed by atoms with Crippen LogP contribution in [0.3, 0.4) is 0 Å². The number of aliphatic imine (C=N–C) groups is 1. The fraction of sp³-hybridized carbons (Fsp3) is 0.188. The van der Waals surface area contributed by atoms with E-state index < -0.39 is 0 Å². The van der Waals surface area contributed by atoms with Gasteiger partial charge in [0, 0.05) is 18.3 Å². The molecule has 2 N–H and O–H groups in total. The smallest absolute Gasteiger partial charge is 0.124 e. The number of phenols is 2. The van der Waals surface area contributed by atoms with Crippen molar-refractivity contribution in [3.05, 3.63) is 59.2 Å². The predicted octanol–water partition coefficient (Wildman–Crippen LogP) is 3.07. The van der Waals surface area contributed by atoms with Gasteiger partial charge in [-0.3, -0.25) is 4.99 Å². The van der Waals surface area contributed by atoms with E-state index >= 15 is 0 Å². The zero-order valence-corrected chi connectivity index (χ0v) is 10.9. The second-order valence-corrected chi connectivity index (χ2v) is 4.51. The Labute approximate surface area is 112 Å². The lowest BCUT2D eigenvalue weighted by atomic mass is 10.1. The lowest BCUT2D eigenvalue weighted by molar-refractivity contribution is 0.473. The zero-order chi connectivity index (χ0) is 13.7. The van der Waals surface area contributed by atoms with Crippen molar-refractivity contribution in [1.82, 2.24) is 0 Å². The minimum Gasteiger partial charge on any atom is -0.508 e. The van der Waals surface area contributed by atoms with Crippen LogP contribution in [-0.2, 0) is 6.42 Å². The highest BCUT2D eigenvalue weighted by atomic mass is 16.3. The number of hydrogen-bond acceptors (Lipinski definition) is 3. The molecule has 0 unspecified atom stereocenters. The molecule has 0 aromatic heterocycles. The van der Waals surface area contributed by atoms with Crippen LogP contribution in [0, 0.1) is 6.92 Å². The van der Waals surface area contributed by atoms with E-state index in [9.17, 15) is 10.2 Å². The van der Waals surface area contributed by atoms with E-state index in [-0.39, 0.29) is 11.5 Å². The van der Waals surface area contributed by atoms with E-state index in [0.717, 1.165) is 23.1 Å². The number of phenolic OH excluding ortho intramolecular Hbond substituents is 2. The Balaban J connectivity index is 1.91. The summed E-state index contributed by atoms with van der Waals surface area (Å²) >= 11 is 0. The Morgan fingerprint density at radius 1 is 1.05 bits per heavy atom. The van der Waals surface area contributed by atoms with Gasteiger partial charge < -0.3 is 10.2 Å². The molecule has 0 aliphatic carbocycles. The van der Waals surface area contributed by atoms with Crippen LogP contribution >= 0.6 is 0 Å². The SMILES string of the molecule is Cc1ccc(C=NCCc2ccc(O)cc2)c(O)c1. The topological polar surface area (TPSA) is 52.8 Å². The highest BCUT2D eigenvalue weighted by Gasteiger charge is 1.97. The van der Waals surface area contributed by atoms with Gasteiger partial charge in [-0.2, -0.15) is 0 Å². The summed E-state index contributed by atoms with van der Waals surface area (Å²) in [5.74, 6) is 0.533. The lowest BCUT2D eigenvalue weighted by Crippen LogP contribution is -1.91. The summed E-state index contributed by atoms with van der Waals surface area (Å²) in [4.78, 5) is 4.30. The number of rotatable bonds is 4. The van der Waals surface area contributed by atoms with E-state index in [2.05, 4.69) is 4.99 Å². The zero-order valence-electron chi connectivity index (χ0n) is 10.9. The van der Waals surface area contributed by atoms with Crippen LogP contribution in [0.25, 0.3) is 0 Å². The van der Waals surface area contributed by atoms with Crippen molar-refractivity contribution in [3.8, 4) is 11.5 Å². The van der Waals surface area contributed by atoms with E-state index in [1.165, 1.54) is 0 Å². The molecule has 0 aliphatic rings. The first-order chi connectivity index (χ1) is 9.15. The molecule has 0 amide bonds. The van der Waals surface area contributed by atoms with Crippen molar-refractivity contribution in [3.63, 3.8) is 0 Å². The average molecular weight is 255 g/mol. The normalized spacial score (nSPS) is 11.0. The van der Waals surface area contributed by atoms with Gasteiger partial charge >= 0.3 is 0 Å². The number of nitrogens with zero attached hydrogens (tertiary/aromatic N) is 1. The van der Waals surface area contributed by atoms with Crippen LogP contribution in [0.4, 0.5) is 0 Å². The van der Waals surface area contributed by atoms with Crippen LogP contribution in [0.2, 0.25) is 0 Å². The largest absolute Gasteiger partial charge is 0.508 e. The first-order valence-corrected chi connectivity index (χ1v) is 6.22. The van der Waals surface area contributed by atoms with Crippen molar-refractivity contribution in [2.45, 2.75) is 13.3 Å². The second-order valence-electron chi connectivity index (χ2n) is 4.51. The summed E-state index contributed by atoms with van der Waals surface area (Å²) in [7, 11) is 0. The van der Waals surface area contributed by atoms with Crippen LogP contribution in [0.1, 0.15) is 16.7 Å². The third kappa shape index (κ3) is 3.85. The molecule has 2 aromatic rings. The molecule has 3 heteroatoms. The highest BCUT2D eigenvalue weighted by Crippen LogP contribution is 2.16. The quantitative estimate of drug-likeness (QED) is 0.825. The van der Waals surface area contributed by atoms with E-state index in [4.69, 9.17) is 0 Å². The van der Waals surface area contributed by atoms with Crippen LogP contribution < -0.4 is 0 Å². The van der Waals surface area contributed by atoms with Crippen LogP contribution in [0.5, 0.6) is 11.5 Å². The molecule has 0 saturated carbocycles. The van der Waals surface area contributed by atoms with Gasteiger partial charge in [0.05, 0.1) is 0 Å². The van der Waals surface area contributed by atoms with Crippen molar-refractivity contribution < 1.29 is 10.2 Å². The molecule has 19 heavy (non-hydrogen) atoms. The average Bonchev–Trinajstić information content (AvgIpc) is 2.39. The van der Waals surface area contributed by atoms with Crippen LogP contribution in [-0.4, -0.2) is 23.0 Å². The molecule has 0 saturated heterocycles. The van der Waals surface area contributed by atoms with Crippen molar-refractivity contribution >= 4 is 6.21 Å². The molecule has 0 aliphatic heterocycles. The molecule has 0 spiro atoms. The first kappa shape index (κ1) is 13.1. The summed E-state index contributed by atoms with van der Waals surface area (Å²) in [6.07, 6.45) is 2.50. The molecule has 0 bridgehead atoms. The second kappa shape index (κ2) is 6.05. The first-order valence-electron chi connectivity index (χ1n) is 6.22. The van der Waals surface area contributed by atoms with Gasteiger partial charge in [-0.05, 0) is 48.7 Å². The minimum absolute atomic E-state index is 0.258. The summed E-state index contributed by atoms with van der Waals surface area (Å²) in [5.41, 5.74) is 2.89. The molecular formula is C16H17NO2. The van der Waals surface area contributed by atoms with Gasteiger partial charge in [0.15, 0.2) is 0 Å². The Morgan fingerprint density at radius 2 is 1.79 bits per heavy atom. The van der Waals surface area contributed by atoms with Gasteiger partial charge in [-0.1, -0.05) is 18.2 Å². The number of aryl methyl sites for hydroxylation is 1. The molecule has 0 fully saturated rings. The molecule has 2 aromatic carbocycles. The van der Waals surface area contributed by atoms with E-state index in [1.54, 1.807) is 24.4 Å². The maximum atomic E-state index is 9.72. The Morgan fingerprint density at radius 3 is 2.47 bits per heavy atom. The number of hydrogen-bond donors (Lipinski definition) is 2. The van der Waals surface area contributed by atoms with Crippen molar-refractivity contribution in [1.29, 1.82) is 0 Å². The molecule has 0 heterocycles. The third-order valence-electron chi connectivity index (χ3n) is 2.88. The highest BCUT2D eigenvalue weighted by molar-refractivity contribution is 5.83. The molecule has 98 valence electrons. The summed E-state index contributed by atoms with van der Waals surface area (Å²) < 4.78 is 0. The van der Waals surface area contributed by atoms with Gasteiger partial charge in [0.1, 0.15) is 11.5 Å². The van der Waals surface area contributed by atoms with Gasteiger partial charge in [0.25, 0.3) is 0 Å². The molecule has 3 nitrogen and oxygen atoms in total. The Hall–Kier alpha value is -2.29. The maximum absolute atomic E-state index is 9.72. The van der Waals surface area contributed by atoms with Gasteiger partial charge in [-0.25, -0.2) is 0 Å². The molecular weight excluding hydrogens is 238 g/mol.